The van der Waals surface area contributed by atoms with Crippen molar-refractivity contribution in [3.63, 3.8) is 0 Å². The van der Waals surface area contributed by atoms with Gasteiger partial charge in [0.15, 0.2) is 0 Å². The number of fused-ring (bicyclic) bond motifs is 1. The van der Waals surface area contributed by atoms with Crippen LogP contribution in [0.25, 0.3) is 0 Å². The van der Waals surface area contributed by atoms with E-state index in [-0.39, 0.29) is 0 Å². The maximum Gasteiger partial charge on any atom is 0.121 e. The number of nitrogens with zero attached hydrogens (tertiary/aromatic N) is 1. The molecule has 0 spiro atoms. The van der Waals surface area contributed by atoms with Gasteiger partial charge in [0, 0.05) is 24.3 Å². The lowest BCUT2D eigenvalue weighted by molar-refractivity contribution is 0.340. The molecule has 0 saturated carbocycles. The average Bonchev–Trinajstić information content (AvgIpc) is 2.63. The van der Waals surface area contributed by atoms with Crippen molar-refractivity contribution in [2.45, 2.75) is 46.1 Å². The Morgan fingerprint density at radius 2 is 2.18 bits per heavy atom. The lowest BCUT2D eigenvalue weighted by Crippen LogP contribution is -2.30. The van der Waals surface area contributed by atoms with Crippen LogP contribution in [-0.2, 0) is 6.42 Å². The van der Waals surface area contributed by atoms with Gasteiger partial charge in [-0.25, -0.2) is 0 Å². The van der Waals surface area contributed by atoms with Crippen LogP contribution in [0.15, 0.2) is 18.2 Å². The second-order valence-electron chi connectivity index (χ2n) is 4.82. The van der Waals surface area contributed by atoms with Gasteiger partial charge in [-0.15, -0.1) is 0 Å². The molecule has 1 aromatic carbocycles. The first-order valence-corrected chi connectivity index (χ1v) is 6.78. The highest BCUT2D eigenvalue weighted by atomic mass is 16.5. The van der Waals surface area contributed by atoms with Gasteiger partial charge in [-0.2, -0.15) is 0 Å². The molecule has 0 N–H and O–H groups in total. The van der Waals surface area contributed by atoms with Crippen molar-refractivity contribution in [2.24, 2.45) is 0 Å². The molecule has 1 aliphatic rings. The van der Waals surface area contributed by atoms with E-state index in [1.807, 2.05) is 6.92 Å². The predicted octanol–water partition coefficient (Wildman–Crippen LogP) is 3.64. The van der Waals surface area contributed by atoms with E-state index < -0.39 is 0 Å². The molecule has 1 aliphatic heterocycles. The summed E-state index contributed by atoms with van der Waals surface area (Å²) in [6, 6.07) is 7.16. The number of unbranched alkanes of at least 4 members (excludes halogenated alkanes) is 1. The molecule has 1 atom stereocenters. The Hall–Kier alpha value is -1.18. The molecule has 0 aromatic heterocycles. The van der Waals surface area contributed by atoms with Crippen LogP contribution in [0.2, 0.25) is 0 Å². The van der Waals surface area contributed by atoms with Crippen LogP contribution in [0.4, 0.5) is 5.69 Å². The number of rotatable bonds is 5. The highest BCUT2D eigenvalue weighted by molar-refractivity contribution is 5.62. The van der Waals surface area contributed by atoms with E-state index in [1.165, 1.54) is 37.1 Å². The van der Waals surface area contributed by atoms with Gasteiger partial charge >= 0.3 is 0 Å². The lowest BCUT2D eigenvalue weighted by atomic mass is 10.1. The molecule has 0 fully saturated rings. The molecule has 0 saturated heterocycles. The first-order valence-electron chi connectivity index (χ1n) is 6.78. The molecule has 2 nitrogen and oxygen atoms in total. The van der Waals surface area contributed by atoms with Crippen LogP contribution < -0.4 is 9.64 Å². The van der Waals surface area contributed by atoms with Gasteiger partial charge in [-0.3, -0.25) is 0 Å². The Bertz CT molecular complexity index is 375. The Kier molecular flexibility index (Phi) is 3.93. The van der Waals surface area contributed by atoms with Crippen LogP contribution in [0, 0.1) is 0 Å². The fourth-order valence-corrected chi connectivity index (χ4v) is 2.58. The molecular weight excluding hydrogens is 210 g/mol. The van der Waals surface area contributed by atoms with Crippen molar-refractivity contribution in [3.05, 3.63) is 23.8 Å². The van der Waals surface area contributed by atoms with E-state index in [9.17, 15) is 0 Å². The van der Waals surface area contributed by atoms with Crippen molar-refractivity contribution < 1.29 is 4.74 Å². The minimum atomic E-state index is 0.633. The number of hydrogen-bond acceptors (Lipinski definition) is 2. The fraction of sp³-hybridized carbons (Fsp3) is 0.600. The molecule has 0 radical (unpaired) electrons. The molecule has 2 rings (SSSR count). The minimum absolute atomic E-state index is 0.633. The Morgan fingerprint density at radius 3 is 2.88 bits per heavy atom. The highest BCUT2D eigenvalue weighted by Crippen LogP contribution is 2.35. The van der Waals surface area contributed by atoms with E-state index in [2.05, 4.69) is 36.9 Å². The summed E-state index contributed by atoms with van der Waals surface area (Å²) >= 11 is 0. The van der Waals surface area contributed by atoms with Gasteiger partial charge in [0.25, 0.3) is 0 Å². The molecular formula is C15H23NO. The zero-order chi connectivity index (χ0) is 12.3. The van der Waals surface area contributed by atoms with Gasteiger partial charge in [0.2, 0.25) is 0 Å². The van der Waals surface area contributed by atoms with Crippen LogP contribution in [-0.4, -0.2) is 19.2 Å². The van der Waals surface area contributed by atoms with E-state index >= 15 is 0 Å². The Balaban J connectivity index is 2.19. The number of hydrogen-bond donors (Lipinski definition) is 0. The van der Waals surface area contributed by atoms with E-state index in [0.717, 1.165) is 12.4 Å². The third-order valence-corrected chi connectivity index (χ3v) is 3.48. The smallest absolute Gasteiger partial charge is 0.121 e. The van der Waals surface area contributed by atoms with E-state index in [0.29, 0.717) is 6.04 Å². The van der Waals surface area contributed by atoms with Gasteiger partial charge in [0.1, 0.15) is 5.75 Å². The van der Waals surface area contributed by atoms with E-state index in [4.69, 9.17) is 4.74 Å². The van der Waals surface area contributed by atoms with Gasteiger partial charge in [0.05, 0.1) is 6.61 Å². The molecule has 0 aliphatic carbocycles. The topological polar surface area (TPSA) is 12.5 Å². The van der Waals surface area contributed by atoms with Crippen molar-refractivity contribution in [1.29, 1.82) is 0 Å². The van der Waals surface area contributed by atoms with Crippen molar-refractivity contribution in [1.82, 2.24) is 0 Å². The molecule has 1 unspecified atom stereocenters. The molecule has 2 heteroatoms. The van der Waals surface area contributed by atoms with Crippen molar-refractivity contribution >= 4 is 5.69 Å². The van der Waals surface area contributed by atoms with Crippen LogP contribution in [0.1, 0.15) is 39.2 Å². The summed E-state index contributed by atoms with van der Waals surface area (Å²) < 4.78 is 5.59. The fourth-order valence-electron chi connectivity index (χ4n) is 2.58. The second kappa shape index (κ2) is 5.44. The van der Waals surface area contributed by atoms with Crippen LogP contribution in [0.5, 0.6) is 5.75 Å². The third kappa shape index (κ3) is 2.56. The molecule has 1 aromatic rings. The normalized spacial score (nSPS) is 18.3. The lowest BCUT2D eigenvalue weighted by Gasteiger charge is -2.25. The average molecular weight is 233 g/mol. The van der Waals surface area contributed by atoms with Gasteiger partial charge < -0.3 is 9.64 Å². The van der Waals surface area contributed by atoms with Crippen molar-refractivity contribution in [2.75, 3.05) is 18.1 Å². The molecule has 0 amide bonds. The largest absolute Gasteiger partial charge is 0.494 e. The monoisotopic (exact) mass is 233 g/mol. The standard InChI is InChI=1S/C15H23NO/c1-4-6-9-16-12(3)10-13-7-8-14(17-5-2)11-15(13)16/h7-8,11-12H,4-6,9-10H2,1-3H3. The Labute approximate surface area is 105 Å². The first kappa shape index (κ1) is 12.3. The number of ether oxygens (including phenoxy) is 1. The summed E-state index contributed by atoms with van der Waals surface area (Å²) in [5.74, 6) is 1.00. The van der Waals surface area contributed by atoms with Gasteiger partial charge in [-0.1, -0.05) is 19.4 Å². The zero-order valence-corrected chi connectivity index (χ0v) is 11.2. The summed E-state index contributed by atoms with van der Waals surface area (Å²) in [7, 11) is 0. The third-order valence-electron chi connectivity index (χ3n) is 3.48. The Morgan fingerprint density at radius 1 is 1.35 bits per heavy atom. The maximum atomic E-state index is 5.59. The molecule has 94 valence electrons. The molecule has 0 bridgehead atoms. The van der Waals surface area contributed by atoms with Gasteiger partial charge in [-0.05, 0) is 38.3 Å². The minimum Gasteiger partial charge on any atom is -0.494 e. The molecule has 1 heterocycles. The maximum absolute atomic E-state index is 5.59. The summed E-state index contributed by atoms with van der Waals surface area (Å²) in [4.78, 5) is 2.53. The first-order chi connectivity index (χ1) is 8.26. The molecule has 17 heavy (non-hydrogen) atoms. The van der Waals surface area contributed by atoms with Crippen molar-refractivity contribution in [3.8, 4) is 5.75 Å². The van der Waals surface area contributed by atoms with Crippen LogP contribution in [0.3, 0.4) is 0 Å². The zero-order valence-electron chi connectivity index (χ0n) is 11.2. The van der Waals surface area contributed by atoms with Crippen LogP contribution >= 0.6 is 0 Å². The second-order valence-corrected chi connectivity index (χ2v) is 4.82. The SMILES string of the molecule is CCCCN1c2cc(OCC)ccc2CC1C. The number of benzene rings is 1. The summed E-state index contributed by atoms with van der Waals surface area (Å²) in [6.07, 6.45) is 3.69. The van der Waals surface area contributed by atoms with E-state index in [1.54, 1.807) is 0 Å². The predicted molar refractivity (Wildman–Crippen MR) is 73.0 cm³/mol. The summed E-state index contributed by atoms with van der Waals surface area (Å²) in [5, 5.41) is 0. The summed E-state index contributed by atoms with van der Waals surface area (Å²) in [6.45, 7) is 8.50. The number of anilines is 1. The quantitative estimate of drug-likeness (QED) is 0.770. The summed E-state index contributed by atoms with van der Waals surface area (Å²) in [5.41, 5.74) is 2.86. The highest BCUT2D eigenvalue weighted by Gasteiger charge is 2.25.